The Morgan fingerprint density at radius 2 is 1.60 bits per heavy atom. The number of hydrogen-bond acceptors (Lipinski definition) is 4. The Morgan fingerprint density at radius 3 is 2.29 bits per heavy atom. The quantitative estimate of drug-likeness (QED) is 0.638. The fourth-order valence-electron chi connectivity index (χ4n) is 6.14. The summed E-state index contributed by atoms with van der Waals surface area (Å²) < 4.78 is 5.70. The third-order valence-electron chi connectivity index (χ3n) is 7.80. The maximum atomic E-state index is 13.4. The van der Waals surface area contributed by atoms with Crippen molar-refractivity contribution in [3.8, 4) is 11.1 Å². The second kappa shape index (κ2) is 10.1. The lowest BCUT2D eigenvalue weighted by molar-refractivity contribution is -0.144. The average molecular weight is 477 g/mol. The first kappa shape index (κ1) is 23.4. The van der Waals surface area contributed by atoms with Crippen LogP contribution in [0.3, 0.4) is 0 Å². The number of hydrogen-bond donors (Lipinski definition) is 2. The van der Waals surface area contributed by atoms with Gasteiger partial charge >= 0.3 is 12.1 Å². The topological polar surface area (TPSA) is 95.9 Å². The summed E-state index contributed by atoms with van der Waals surface area (Å²) in [6.45, 7) is 0.822. The smallest absolute Gasteiger partial charge is 0.407 e. The standard InChI is InChI=1S/C28H32N2O5/c31-26(32)16-18-8-5-6-15-30(18)27(33)23-13-7-14-25(23)29-28(34)35-17-24-21-11-3-1-9-19(21)20-10-2-4-12-22(20)24/h1-4,9-12,18,23-25H,5-8,13-17H2,(H,29,34)(H,31,32)/t18-,23?,25?/m1/s1. The van der Waals surface area contributed by atoms with Gasteiger partial charge in [-0.3, -0.25) is 9.59 Å². The molecule has 1 saturated heterocycles. The Balaban J connectivity index is 1.22. The van der Waals surface area contributed by atoms with Crippen molar-refractivity contribution in [1.29, 1.82) is 0 Å². The van der Waals surface area contributed by atoms with Crippen LogP contribution in [0.4, 0.5) is 4.79 Å². The van der Waals surface area contributed by atoms with Crippen molar-refractivity contribution < 1.29 is 24.2 Å². The number of nitrogens with zero attached hydrogens (tertiary/aromatic N) is 1. The normalized spacial score (nSPS) is 23.4. The van der Waals surface area contributed by atoms with Crippen LogP contribution in [0.2, 0.25) is 0 Å². The van der Waals surface area contributed by atoms with Gasteiger partial charge < -0.3 is 20.1 Å². The molecule has 2 fully saturated rings. The van der Waals surface area contributed by atoms with E-state index in [1.54, 1.807) is 4.90 Å². The zero-order valence-electron chi connectivity index (χ0n) is 19.8. The van der Waals surface area contributed by atoms with E-state index in [4.69, 9.17) is 4.74 Å². The molecule has 2 aromatic carbocycles. The van der Waals surface area contributed by atoms with E-state index in [1.807, 2.05) is 24.3 Å². The predicted molar refractivity (Wildman–Crippen MR) is 131 cm³/mol. The molecule has 2 aromatic rings. The second-order valence-corrected chi connectivity index (χ2v) is 9.89. The van der Waals surface area contributed by atoms with Gasteiger partial charge in [0.05, 0.1) is 12.3 Å². The molecule has 2 unspecified atom stereocenters. The van der Waals surface area contributed by atoms with E-state index in [0.717, 1.165) is 43.2 Å². The highest BCUT2D eigenvalue weighted by Crippen LogP contribution is 2.44. The molecule has 3 atom stereocenters. The van der Waals surface area contributed by atoms with Crippen molar-refractivity contribution in [3.63, 3.8) is 0 Å². The second-order valence-electron chi connectivity index (χ2n) is 9.89. The summed E-state index contributed by atoms with van der Waals surface area (Å²) in [5.74, 6) is -1.25. The molecule has 2 amide bonds. The van der Waals surface area contributed by atoms with Crippen molar-refractivity contribution in [3.05, 3.63) is 59.7 Å². The van der Waals surface area contributed by atoms with Crippen molar-refractivity contribution in [2.45, 2.75) is 62.9 Å². The summed E-state index contributed by atoms with van der Waals surface area (Å²) in [6.07, 6.45) is 4.28. The molecule has 1 aliphatic heterocycles. The van der Waals surface area contributed by atoms with Crippen LogP contribution < -0.4 is 5.32 Å². The Hall–Kier alpha value is -3.35. The number of carboxylic acid groups (broad SMARTS) is 1. The van der Waals surface area contributed by atoms with Gasteiger partial charge in [0.1, 0.15) is 6.61 Å². The number of fused-ring (bicyclic) bond motifs is 3. The summed E-state index contributed by atoms with van der Waals surface area (Å²) in [5.41, 5.74) is 4.67. The largest absolute Gasteiger partial charge is 0.481 e. The lowest BCUT2D eigenvalue weighted by atomic mass is 9.95. The first-order valence-corrected chi connectivity index (χ1v) is 12.7. The molecule has 0 spiro atoms. The molecule has 2 N–H and O–H groups in total. The number of likely N-dealkylation sites (tertiary alicyclic amines) is 1. The first-order valence-electron chi connectivity index (χ1n) is 12.7. The van der Waals surface area contributed by atoms with E-state index in [-0.39, 0.29) is 42.9 Å². The summed E-state index contributed by atoms with van der Waals surface area (Å²) >= 11 is 0. The van der Waals surface area contributed by atoms with Crippen LogP contribution in [0.5, 0.6) is 0 Å². The summed E-state index contributed by atoms with van der Waals surface area (Å²) in [7, 11) is 0. The molecule has 7 heteroatoms. The van der Waals surface area contributed by atoms with Gasteiger partial charge in [0.25, 0.3) is 0 Å². The summed E-state index contributed by atoms with van der Waals surface area (Å²) in [6, 6.07) is 15.9. The minimum absolute atomic E-state index is 0.0146. The number of carbonyl (C=O) groups excluding carboxylic acids is 2. The first-order chi connectivity index (χ1) is 17.0. The number of alkyl carbamates (subject to hydrolysis) is 1. The van der Waals surface area contributed by atoms with E-state index in [0.29, 0.717) is 13.0 Å². The Bertz CT molecular complexity index is 1070. The van der Waals surface area contributed by atoms with Gasteiger partial charge in [0.2, 0.25) is 5.91 Å². The molecule has 0 radical (unpaired) electrons. The van der Waals surface area contributed by atoms with Gasteiger partial charge in [0.15, 0.2) is 0 Å². The number of ether oxygens (including phenoxy) is 1. The molecule has 0 aromatic heterocycles. The molecule has 35 heavy (non-hydrogen) atoms. The lowest BCUT2D eigenvalue weighted by Gasteiger charge is -2.37. The minimum atomic E-state index is -0.880. The maximum absolute atomic E-state index is 13.4. The number of benzene rings is 2. The summed E-state index contributed by atoms with van der Waals surface area (Å²) in [4.78, 5) is 39.2. The van der Waals surface area contributed by atoms with Crippen LogP contribution in [0.25, 0.3) is 11.1 Å². The predicted octanol–water partition coefficient (Wildman–Crippen LogP) is 4.55. The van der Waals surface area contributed by atoms with Gasteiger partial charge in [-0.1, -0.05) is 55.0 Å². The van der Waals surface area contributed by atoms with Crippen molar-refractivity contribution in [2.24, 2.45) is 5.92 Å². The van der Waals surface area contributed by atoms with Gasteiger partial charge in [0, 0.05) is 24.5 Å². The monoisotopic (exact) mass is 476 g/mol. The molecule has 184 valence electrons. The average Bonchev–Trinajstić information content (AvgIpc) is 3.45. The van der Waals surface area contributed by atoms with Crippen LogP contribution in [-0.2, 0) is 14.3 Å². The number of amides is 2. The van der Waals surface area contributed by atoms with Crippen molar-refractivity contribution >= 4 is 18.0 Å². The van der Waals surface area contributed by atoms with Crippen LogP contribution >= 0.6 is 0 Å². The number of piperidine rings is 1. The molecule has 0 bridgehead atoms. The van der Waals surface area contributed by atoms with E-state index >= 15 is 0 Å². The fourth-order valence-corrected chi connectivity index (χ4v) is 6.14. The molecule has 5 rings (SSSR count). The number of carboxylic acids is 1. The van der Waals surface area contributed by atoms with Crippen molar-refractivity contribution in [2.75, 3.05) is 13.2 Å². The zero-order valence-corrected chi connectivity index (χ0v) is 19.8. The van der Waals surface area contributed by atoms with E-state index < -0.39 is 12.1 Å². The Kier molecular flexibility index (Phi) is 6.75. The van der Waals surface area contributed by atoms with Crippen LogP contribution in [0, 0.1) is 5.92 Å². The molecule has 7 nitrogen and oxygen atoms in total. The number of carbonyl (C=O) groups is 3. The summed E-state index contributed by atoms with van der Waals surface area (Å²) in [5, 5.41) is 12.2. The van der Waals surface area contributed by atoms with Gasteiger partial charge in [-0.2, -0.15) is 0 Å². The molecule has 1 heterocycles. The highest BCUT2D eigenvalue weighted by atomic mass is 16.5. The lowest BCUT2D eigenvalue weighted by Crippen LogP contribution is -2.51. The third-order valence-corrected chi connectivity index (χ3v) is 7.80. The molecule has 1 saturated carbocycles. The van der Waals surface area contributed by atoms with Crippen LogP contribution in [-0.4, -0.2) is 53.2 Å². The van der Waals surface area contributed by atoms with E-state index in [9.17, 15) is 19.5 Å². The zero-order chi connectivity index (χ0) is 24.4. The number of rotatable bonds is 6. The third kappa shape index (κ3) is 4.77. The van der Waals surface area contributed by atoms with Gasteiger partial charge in [-0.25, -0.2) is 4.79 Å². The van der Waals surface area contributed by atoms with Gasteiger partial charge in [-0.05, 0) is 54.4 Å². The molecule has 2 aliphatic carbocycles. The Morgan fingerprint density at radius 1 is 0.914 bits per heavy atom. The van der Waals surface area contributed by atoms with Gasteiger partial charge in [-0.15, -0.1) is 0 Å². The SMILES string of the molecule is O=C(O)C[C@H]1CCCCN1C(=O)C1CCCC1NC(=O)OCC1c2ccccc2-c2ccccc21. The van der Waals surface area contributed by atoms with Crippen LogP contribution in [0.1, 0.15) is 62.0 Å². The molecular weight excluding hydrogens is 444 g/mol. The highest BCUT2D eigenvalue weighted by molar-refractivity contribution is 5.82. The maximum Gasteiger partial charge on any atom is 0.407 e. The Labute approximate surface area is 205 Å². The molecular formula is C28H32N2O5. The fraction of sp³-hybridized carbons (Fsp3) is 0.464. The van der Waals surface area contributed by atoms with Crippen LogP contribution in [0.15, 0.2) is 48.5 Å². The number of nitrogens with one attached hydrogen (secondary N) is 1. The molecule has 3 aliphatic rings. The highest BCUT2D eigenvalue weighted by Gasteiger charge is 2.40. The number of aliphatic carboxylic acids is 1. The minimum Gasteiger partial charge on any atom is -0.481 e. The van der Waals surface area contributed by atoms with E-state index in [2.05, 4.69) is 29.6 Å². The van der Waals surface area contributed by atoms with E-state index in [1.165, 1.54) is 11.1 Å². The van der Waals surface area contributed by atoms with Crippen molar-refractivity contribution in [1.82, 2.24) is 10.2 Å².